The fourth-order valence-electron chi connectivity index (χ4n) is 4.77. The van der Waals surface area contributed by atoms with E-state index >= 15 is 0 Å². The lowest BCUT2D eigenvalue weighted by Gasteiger charge is -2.37. The van der Waals surface area contributed by atoms with Crippen molar-refractivity contribution in [2.45, 2.75) is 26.2 Å². The van der Waals surface area contributed by atoms with Gasteiger partial charge in [-0.3, -0.25) is 10.00 Å². The number of rotatable bonds is 8. The Kier molecular flexibility index (Phi) is 7.70. The van der Waals surface area contributed by atoms with E-state index in [9.17, 15) is 0 Å². The Labute approximate surface area is 208 Å². The summed E-state index contributed by atoms with van der Waals surface area (Å²) in [4.78, 5) is 17.2. The van der Waals surface area contributed by atoms with Gasteiger partial charge in [-0.05, 0) is 44.5 Å². The van der Waals surface area contributed by atoms with Gasteiger partial charge in [0.2, 0.25) is 0 Å². The van der Waals surface area contributed by atoms with E-state index in [0.29, 0.717) is 5.82 Å². The molecule has 0 aliphatic carbocycles. The minimum Gasteiger partial charge on any atom is -0.354 e. The summed E-state index contributed by atoms with van der Waals surface area (Å²) in [6.07, 6.45) is 8.15. The number of aryl methyl sites for hydroxylation is 1. The van der Waals surface area contributed by atoms with Crippen LogP contribution in [0.5, 0.6) is 0 Å². The van der Waals surface area contributed by atoms with E-state index in [2.05, 4.69) is 48.4 Å². The van der Waals surface area contributed by atoms with Crippen molar-refractivity contribution in [3.8, 4) is 0 Å². The van der Waals surface area contributed by atoms with E-state index in [1.165, 1.54) is 38.9 Å². The molecular weight excluding hydrogens is 436 g/mol. The molecule has 4 heterocycles. The fourth-order valence-corrected chi connectivity index (χ4v) is 4.77. The zero-order chi connectivity index (χ0) is 23.9. The van der Waals surface area contributed by atoms with Gasteiger partial charge in [0.1, 0.15) is 11.6 Å². The van der Waals surface area contributed by atoms with Crippen molar-refractivity contribution >= 4 is 29.6 Å². The average molecular weight is 473 g/mol. The van der Waals surface area contributed by atoms with Crippen LogP contribution in [0.1, 0.15) is 36.3 Å². The Balaban J connectivity index is 1.27. The van der Waals surface area contributed by atoms with Gasteiger partial charge in [0.25, 0.3) is 0 Å². The Morgan fingerprint density at radius 1 is 0.829 bits per heavy atom. The lowest BCUT2D eigenvalue weighted by Crippen LogP contribution is -2.49. The second kappa shape index (κ2) is 11.5. The predicted octanol–water partition coefficient (Wildman–Crippen LogP) is 4.03. The van der Waals surface area contributed by atoms with Gasteiger partial charge in [-0.1, -0.05) is 42.8 Å². The van der Waals surface area contributed by atoms with E-state index in [-0.39, 0.29) is 0 Å². The normalized spacial score (nSPS) is 17.8. The van der Waals surface area contributed by atoms with Gasteiger partial charge >= 0.3 is 0 Å². The Morgan fingerprint density at radius 2 is 1.57 bits per heavy atom. The molecule has 8 heteroatoms. The smallest absolute Gasteiger partial charge is 0.156 e. The molecule has 35 heavy (non-hydrogen) atoms. The molecule has 2 fully saturated rings. The minimum atomic E-state index is 0.689. The summed E-state index contributed by atoms with van der Waals surface area (Å²) >= 11 is 0. The minimum absolute atomic E-state index is 0.689. The third kappa shape index (κ3) is 6.68. The Bertz CT molecular complexity index is 1100. The summed E-state index contributed by atoms with van der Waals surface area (Å²) in [7, 11) is 0. The molecular formula is C27H36N8. The summed E-state index contributed by atoms with van der Waals surface area (Å²) in [5, 5.41) is 10.6. The molecule has 0 radical (unpaired) electrons. The van der Waals surface area contributed by atoms with Crippen LogP contribution in [0.2, 0.25) is 0 Å². The first kappa shape index (κ1) is 23.5. The van der Waals surface area contributed by atoms with Crippen molar-refractivity contribution in [3.63, 3.8) is 0 Å². The first-order chi connectivity index (χ1) is 17.2. The molecule has 0 unspecified atom stereocenters. The number of anilines is 3. The number of aromatic amines is 1. The summed E-state index contributed by atoms with van der Waals surface area (Å²) < 4.78 is 0. The van der Waals surface area contributed by atoms with Crippen LogP contribution in [-0.2, 0) is 0 Å². The number of aromatic nitrogens is 4. The third-order valence-corrected chi connectivity index (χ3v) is 6.79. The van der Waals surface area contributed by atoms with E-state index in [1.54, 1.807) is 0 Å². The van der Waals surface area contributed by atoms with Crippen molar-refractivity contribution < 1.29 is 0 Å². The number of piperidine rings is 1. The SMILES string of the molecule is Cc1cc(Nc2cc(N3CCN(CCN4CCCCC4)CC3)nc(/C=C/c3ccccc3)n2)n[nH]1. The molecule has 8 nitrogen and oxygen atoms in total. The van der Waals surface area contributed by atoms with E-state index < -0.39 is 0 Å². The molecule has 2 aliphatic heterocycles. The molecule has 184 valence electrons. The monoisotopic (exact) mass is 472 g/mol. The highest BCUT2D eigenvalue weighted by atomic mass is 15.3. The van der Waals surface area contributed by atoms with Gasteiger partial charge in [-0.15, -0.1) is 0 Å². The number of nitrogens with zero attached hydrogens (tertiary/aromatic N) is 6. The quantitative estimate of drug-likeness (QED) is 0.513. The molecule has 3 aromatic rings. The van der Waals surface area contributed by atoms with Gasteiger partial charge in [0, 0.05) is 57.1 Å². The number of benzene rings is 1. The molecule has 0 amide bonds. The zero-order valence-corrected chi connectivity index (χ0v) is 20.7. The predicted molar refractivity (Wildman–Crippen MR) is 143 cm³/mol. The topological polar surface area (TPSA) is 76.2 Å². The largest absolute Gasteiger partial charge is 0.354 e. The van der Waals surface area contributed by atoms with Gasteiger partial charge < -0.3 is 15.1 Å². The third-order valence-electron chi connectivity index (χ3n) is 6.79. The summed E-state index contributed by atoms with van der Waals surface area (Å²) in [6, 6.07) is 14.3. The zero-order valence-electron chi connectivity index (χ0n) is 20.7. The van der Waals surface area contributed by atoms with Crippen molar-refractivity contribution in [2.24, 2.45) is 0 Å². The van der Waals surface area contributed by atoms with Gasteiger partial charge in [0.05, 0.1) is 0 Å². The first-order valence-electron chi connectivity index (χ1n) is 12.8. The highest BCUT2D eigenvalue weighted by molar-refractivity contribution is 5.69. The lowest BCUT2D eigenvalue weighted by atomic mass is 10.1. The first-order valence-corrected chi connectivity index (χ1v) is 12.8. The molecule has 2 aliphatic rings. The highest BCUT2D eigenvalue weighted by Crippen LogP contribution is 2.22. The van der Waals surface area contributed by atoms with E-state index in [0.717, 1.165) is 61.4 Å². The van der Waals surface area contributed by atoms with E-state index in [4.69, 9.17) is 9.97 Å². The molecule has 0 bridgehead atoms. The maximum absolute atomic E-state index is 4.90. The van der Waals surface area contributed by atoms with E-state index in [1.807, 2.05) is 43.3 Å². The number of hydrogen-bond acceptors (Lipinski definition) is 7. The molecule has 0 saturated carbocycles. The van der Waals surface area contributed by atoms with Crippen LogP contribution in [0.3, 0.4) is 0 Å². The molecule has 5 rings (SSSR count). The van der Waals surface area contributed by atoms with Crippen molar-refractivity contribution in [3.05, 3.63) is 59.5 Å². The maximum atomic E-state index is 4.90. The molecule has 2 saturated heterocycles. The maximum Gasteiger partial charge on any atom is 0.156 e. The van der Waals surface area contributed by atoms with Crippen LogP contribution in [0.15, 0.2) is 42.5 Å². The van der Waals surface area contributed by atoms with Crippen LogP contribution in [-0.4, -0.2) is 82.3 Å². The number of piperazine rings is 1. The standard InChI is InChI=1S/C27H36N8/c1-22-20-26(32-31-22)29-25-21-27(30-24(28-25)11-10-23-8-4-2-5-9-23)35-18-16-34(17-19-35)15-14-33-12-6-3-7-13-33/h2,4-5,8-11,20-21H,3,6-7,12-19H2,1H3,(H2,28,29,30,31,32)/b11-10+. The van der Waals surface area contributed by atoms with Crippen molar-refractivity contribution in [1.29, 1.82) is 0 Å². The Hall–Kier alpha value is -3.23. The summed E-state index contributed by atoms with van der Waals surface area (Å²) in [5.74, 6) is 3.15. The van der Waals surface area contributed by atoms with Crippen molar-refractivity contribution in [1.82, 2.24) is 30.0 Å². The van der Waals surface area contributed by atoms with Gasteiger partial charge in [-0.2, -0.15) is 5.10 Å². The fraction of sp³-hybridized carbons (Fsp3) is 0.444. The second-order valence-electron chi connectivity index (χ2n) is 9.51. The number of hydrogen-bond donors (Lipinski definition) is 2. The molecule has 0 atom stereocenters. The van der Waals surface area contributed by atoms with Crippen LogP contribution in [0, 0.1) is 6.92 Å². The van der Waals surface area contributed by atoms with Gasteiger partial charge in [-0.25, -0.2) is 9.97 Å². The van der Waals surface area contributed by atoms with Crippen LogP contribution < -0.4 is 10.2 Å². The molecule has 1 aromatic carbocycles. The molecule has 2 aromatic heterocycles. The Morgan fingerprint density at radius 3 is 2.29 bits per heavy atom. The number of nitrogens with one attached hydrogen (secondary N) is 2. The molecule has 0 spiro atoms. The summed E-state index contributed by atoms with van der Waals surface area (Å²) in [6.45, 7) is 11.0. The van der Waals surface area contributed by atoms with Crippen LogP contribution in [0.25, 0.3) is 12.2 Å². The average Bonchev–Trinajstić information content (AvgIpc) is 3.32. The lowest BCUT2D eigenvalue weighted by molar-refractivity contribution is 0.176. The van der Waals surface area contributed by atoms with Crippen molar-refractivity contribution in [2.75, 3.05) is 62.6 Å². The second-order valence-corrected chi connectivity index (χ2v) is 9.51. The summed E-state index contributed by atoms with van der Waals surface area (Å²) in [5.41, 5.74) is 2.13. The number of likely N-dealkylation sites (tertiary alicyclic amines) is 1. The van der Waals surface area contributed by atoms with Crippen LogP contribution >= 0.6 is 0 Å². The van der Waals surface area contributed by atoms with Crippen LogP contribution in [0.4, 0.5) is 17.5 Å². The highest BCUT2D eigenvalue weighted by Gasteiger charge is 2.20. The number of H-pyrrole nitrogens is 1. The molecule has 2 N–H and O–H groups in total. The van der Waals surface area contributed by atoms with Gasteiger partial charge in [0.15, 0.2) is 11.6 Å².